The molecule has 2 aliphatic heterocycles. The Bertz CT molecular complexity index is 1460. The number of ketones is 1. The maximum Gasteiger partial charge on any atom is 0.257 e. The van der Waals surface area contributed by atoms with Crippen LogP contribution in [0.1, 0.15) is 52.8 Å². The summed E-state index contributed by atoms with van der Waals surface area (Å²) in [5, 5.41) is 6.29. The number of benzene rings is 2. The number of anilines is 3. The van der Waals surface area contributed by atoms with E-state index in [0.717, 1.165) is 45.3 Å². The number of aromatic nitrogens is 1. The molecule has 2 N–H and O–H groups in total. The Morgan fingerprint density at radius 1 is 0.978 bits per heavy atom. The zero-order valence-electron chi connectivity index (χ0n) is 25.6. The van der Waals surface area contributed by atoms with E-state index < -0.39 is 0 Å². The van der Waals surface area contributed by atoms with Crippen LogP contribution >= 0.6 is 24.8 Å². The van der Waals surface area contributed by atoms with E-state index in [4.69, 9.17) is 9.47 Å². The lowest BCUT2D eigenvalue weighted by Gasteiger charge is -2.33. The van der Waals surface area contributed by atoms with Gasteiger partial charge in [0.05, 0.1) is 37.7 Å². The fourth-order valence-electron chi connectivity index (χ4n) is 5.78. The Kier molecular flexibility index (Phi) is 13.6. The molecule has 5 rings (SSSR count). The number of halogens is 2. The van der Waals surface area contributed by atoms with Crippen molar-refractivity contribution >= 4 is 59.6 Å². The summed E-state index contributed by atoms with van der Waals surface area (Å²) in [5.74, 6) is 1.94. The minimum Gasteiger partial charge on any atom is -0.493 e. The highest BCUT2D eigenvalue weighted by molar-refractivity contribution is 6.17. The van der Waals surface area contributed by atoms with Gasteiger partial charge in [0.1, 0.15) is 0 Å². The molecule has 2 aromatic carbocycles. The van der Waals surface area contributed by atoms with E-state index >= 15 is 0 Å². The van der Waals surface area contributed by atoms with Crippen LogP contribution in [0.3, 0.4) is 0 Å². The fourth-order valence-corrected chi connectivity index (χ4v) is 5.78. The van der Waals surface area contributed by atoms with E-state index in [-0.39, 0.29) is 49.0 Å². The highest BCUT2D eigenvalue weighted by Gasteiger charge is 2.31. The normalized spacial score (nSPS) is 14.5. The van der Waals surface area contributed by atoms with Crippen molar-refractivity contribution in [3.05, 3.63) is 71.9 Å². The topological polar surface area (TPSA) is 113 Å². The Morgan fingerprint density at radius 2 is 1.73 bits per heavy atom. The number of carbonyl (C=O) groups excluding carboxylic acids is 3. The molecule has 0 bridgehead atoms. The summed E-state index contributed by atoms with van der Waals surface area (Å²) in [6, 6.07) is 15.9. The quantitative estimate of drug-likeness (QED) is 0.193. The zero-order valence-corrected chi connectivity index (χ0v) is 27.3. The van der Waals surface area contributed by atoms with Crippen LogP contribution < -0.4 is 25.0 Å². The molecular weight excluding hydrogens is 617 g/mol. The number of piperidine rings is 1. The van der Waals surface area contributed by atoms with E-state index in [0.29, 0.717) is 58.7 Å². The second-order valence-corrected chi connectivity index (χ2v) is 10.9. The van der Waals surface area contributed by atoms with Gasteiger partial charge in [0.25, 0.3) is 5.91 Å². The molecule has 0 spiro atoms. The molecule has 2 amide bonds. The molecule has 242 valence electrons. The predicted molar refractivity (Wildman–Crippen MR) is 180 cm³/mol. The number of methoxy groups -OCH3 is 2. The van der Waals surface area contributed by atoms with Gasteiger partial charge in [0, 0.05) is 24.7 Å². The lowest BCUT2D eigenvalue weighted by Crippen LogP contribution is -2.42. The number of para-hydroxylation sites is 1. The van der Waals surface area contributed by atoms with Crippen molar-refractivity contribution < 1.29 is 23.9 Å². The van der Waals surface area contributed by atoms with Crippen LogP contribution in [0.15, 0.2) is 60.8 Å². The predicted octanol–water partition coefficient (Wildman–Crippen LogP) is 5.53. The summed E-state index contributed by atoms with van der Waals surface area (Å²) in [6.07, 6.45) is 6.29. The second-order valence-electron chi connectivity index (χ2n) is 10.9. The third-order valence-corrected chi connectivity index (χ3v) is 8.15. The maximum absolute atomic E-state index is 13.7. The molecule has 3 heterocycles. The molecule has 12 heteroatoms. The van der Waals surface area contributed by atoms with E-state index in [9.17, 15) is 14.4 Å². The Labute approximate surface area is 276 Å². The molecular formula is C33H41Cl2N5O5. The maximum atomic E-state index is 13.7. The first-order chi connectivity index (χ1) is 21.0. The van der Waals surface area contributed by atoms with Crippen LogP contribution in [0.4, 0.5) is 17.2 Å². The number of hydrogen-bond donors (Lipinski definition) is 2. The number of rotatable bonds is 12. The Balaban J connectivity index is 0.00000276. The van der Waals surface area contributed by atoms with Gasteiger partial charge in [0.15, 0.2) is 23.1 Å². The molecule has 0 unspecified atom stereocenters. The van der Waals surface area contributed by atoms with Crippen LogP contribution in [-0.2, 0) is 4.79 Å². The summed E-state index contributed by atoms with van der Waals surface area (Å²) < 4.78 is 10.5. The highest BCUT2D eigenvalue weighted by atomic mass is 35.5. The van der Waals surface area contributed by atoms with Gasteiger partial charge < -0.3 is 20.1 Å². The molecule has 2 aliphatic rings. The van der Waals surface area contributed by atoms with Crippen molar-refractivity contribution in [1.29, 1.82) is 0 Å². The number of carbonyl (C=O) groups is 3. The van der Waals surface area contributed by atoms with Crippen molar-refractivity contribution in [3.63, 3.8) is 0 Å². The number of nitrogens with one attached hydrogen (secondary N) is 2. The minimum atomic E-state index is -0.250. The first-order valence-electron chi connectivity index (χ1n) is 14.8. The summed E-state index contributed by atoms with van der Waals surface area (Å²) >= 11 is 0. The van der Waals surface area contributed by atoms with Gasteiger partial charge in [-0.2, -0.15) is 0 Å². The van der Waals surface area contributed by atoms with Gasteiger partial charge in [0.2, 0.25) is 5.91 Å². The molecule has 0 saturated carbocycles. The van der Waals surface area contributed by atoms with Crippen molar-refractivity contribution in [1.82, 2.24) is 15.2 Å². The summed E-state index contributed by atoms with van der Waals surface area (Å²) in [5.41, 5.74) is 2.15. The van der Waals surface area contributed by atoms with Crippen LogP contribution in [0.5, 0.6) is 11.5 Å². The molecule has 0 aliphatic carbocycles. The highest BCUT2D eigenvalue weighted by Crippen LogP contribution is 2.36. The van der Waals surface area contributed by atoms with Crippen LogP contribution in [0, 0.1) is 5.92 Å². The average Bonchev–Trinajstić information content (AvgIpc) is 3.16. The van der Waals surface area contributed by atoms with Gasteiger partial charge in [-0.15, -0.1) is 24.8 Å². The number of nitrogens with zero attached hydrogens (tertiary/aromatic N) is 3. The second kappa shape index (κ2) is 17.1. The van der Waals surface area contributed by atoms with Crippen LogP contribution in [-0.4, -0.2) is 74.4 Å². The van der Waals surface area contributed by atoms with Crippen LogP contribution in [0.2, 0.25) is 0 Å². The van der Waals surface area contributed by atoms with E-state index in [1.54, 1.807) is 73.8 Å². The molecule has 1 saturated heterocycles. The zero-order chi connectivity index (χ0) is 30.2. The smallest absolute Gasteiger partial charge is 0.257 e. The molecule has 3 aromatic rings. The number of likely N-dealkylation sites (tertiary alicyclic amines) is 1. The van der Waals surface area contributed by atoms with Crippen molar-refractivity contribution in [2.45, 2.75) is 32.1 Å². The van der Waals surface area contributed by atoms with Gasteiger partial charge in [-0.05, 0) is 93.7 Å². The molecule has 1 fully saturated rings. The van der Waals surface area contributed by atoms with E-state index in [1.165, 1.54) is 0 Å². The molecule has 45 heavy (non-hydrogen) atoms. The third kappa shape index (κ3) is 8.73. The van der Waals surface area contributed by atoms with E-state index in [2.05, 4.69) is 20.5 Å². The Hall–Kier alpha value is -3.70. The number of amides is 2. The standard InChI is InChI=1S/C33H39N5O5.2ClH/c1-42-29-12-11-24(21-30(29)43-2)28(39)13-18-34-16-5-7-23-14-19-37(20-15-23)22-31(40)38-27-10-4-3-8-25(27)33(41)36-26-9-6-17-35-32(26)38;;/h3-4,6,8-12,17,21,23,34H,5,7,13-16,18-20,22H2,1-2H3,(H,36,41);2*1H. The van der Waals surface area contributed by atoms with Gasteiger partial charge in [-0.3, -0.25) is 24.2 Å². The number of fused-ring (bicyclic) bond motifs is 2. The number of Topliss-reactive ketones (excluding diaryl/α,β-unsaturated/α-hetero) is 1. The first-order valence-corrected chi connectivity index (χ1v) is 14.8. The van der Waals surface area contributed by atoms with Crippen LogP contribution in [0.25, 0.3) is 0 Å². The van der Waals surface area contributed by atoms with Gasteiger partial charge in [-0.25, -0.2) is 4.98 Å². The average molecular weight is 659 g/mol. The molecule has 0 atom stereocenters. The first kappa shape index (κ1) is 35.8. The summed E-state index contributed by atoms with van der Waals surface area (Å²) in [6.45, 7) is 3.47. The van der Waals surface area contributed by atoms with Crippen molar-refractivity contribution in [2.24, 2.45) is 5.92 Å². The number of pyridine rings is 1. The van der Waals surface area contributed by atoms with Crippen molar-refractivity contribution in [2.75, 3.05) is 57.2 Å². The van der Waals surface area contributed by atoms with Gasteiger partial charge in [-0.1, -0.05) is 12.1 Å². The molecule has 0 radical (unpaired) electrons. The lowest BCUT2D eigenvalue weighted by atomic mass is 9.92. The largest absolute Gasteiger partial charge is 0.493 e. The van der Waals surface area contributed by atoms with Gasteiger partial charge >= 0.3 is 0 Å². The SMILES string of the molecule is COc1ccc(C(=O)CCNCCCC2CCN(CC(=O)N3c4ccccc4C(=O)Nc4cccnc43)CC2)cc1OC.Cl.Cl. The summed E-state index contributed by atoms with van der Waals surface area (Å²) in [4.78, 5) is 47.3. The van der Waals surface area contributed by atoms with E-state index in [1.807, 2.05) is 6.07 Å². The monoisotopic (exact) mass is 657 g/mol. The molecule has 10 nitrogen and oxygen atoms in total. The Morgan fingerprint density at radius 3 is 2.49 bits per heavy atom. The molecule has 1 aromatic heterocycles. The minimum absolute atomic E-state index is 0. The summed E-state index contributed by atoms with van der Waals surface area (Å²) in [7, 11) is 3.14. The lowest BCUT2D eigenvalue weighted by molar-refractivity contribution is -0.119. The number of ether oxygens (including phenoxy) is 2. The fraction of sp³-hybridized carbons (Fsp3) is 0.394. The third-order valence-electron chi connectivity index (χ3n) is 8.15. The van der Waals surface area contributed by atoms with Crippen molar-refractivity contribution in [3.8, 4) is 11.5 Å². The number of hydrogen-bond acceptors (Lipinski definition) is 8.